The number of aryl methyl sites for hydroxylation is 1. The highest BCUT2D eigenvalue weighted by Crippen LogP contribution is 2.36. The van der Waals surface area contributed by atoms with E-state index in [4.69, 9.17) is 26.3 Å². The molecule has 2 aromatic rings. The standard InChI is InChI=1S/C22H21ClN4O/c1-5-10-27-22-20(14(3)26-27)25-21(15-8-6-7-9-17(15)23)16-11-13(2)19(28-4)12-18(16)24-22/h5-9,11-12,26H,1,10H2,2-4H3. The van der Waals surface area contributed by atoms with Gasteiger partial charge in [0.1, 0.15) is 11.4 Å². The van der Waals surface area contributed by atoms with E-state index >= 15 is 0 Å². The van der Waals surface area contributed by atoms with Crippen molar-refractivity contribution in [3.63, 3.8) is 0 Å². The molecule has 28 heavy (non-hydrogen) atoms. The van der Waals surface area contributed by atoms with Gasteiger partial charge in [-0.25, -0.2) is 9.98 Å². The molecule has 4 rings (SSSR count). The van der Waals surface area contributed by atoms with Gasteiger partial charge in [0.2, 0.25) is 0 Å². The predicted octanol–water partition coefficient (Wildman–Crippen LogP) is 4.78. The van der Waals surface area contributed by atoms with Crippen LogP contribution in [0.1, 0.15) is 23.6 Å². The molecule has 0 fully saturated rings. The molecule has 0 aliphatic carbocycles. The molecule has 0 radical (unpaired) electrons. The fourth-order valence-corrected chi connectivity index (χ4v) is 3.66. The van der Waals surface area contributed by atoms with E-state index in [0.717, 1.165) is 51.1 Å². The second kappa shape index (κ2) is 7.17. The Bertz CT molecular complexity index is 1070. The molecule has 0 atom stereocenters. The predicted molar refractivity (Wildman–Crippen MR) is 115 cm³/mol. The number of allylic oxidation sites excluding steroid dienone is 1. The third-order valence-electron chi connectivity index (χ3n) is 4.78. The fourth-order valence-electron chi connectivity index (χ4n) is 3.44. The third-order valence-corrected chi connectivity index (χ3v) is 5.11. The summed E-state index contributed by atoms with van der Waals surface area (Å²) in [5, 5.41) is 2.59. The first-order chi connectivity index (χ1) is 13.5. The lowest BCUT2D eigenvalue weighted by Gasteiger charge is -2.18. The quantitative estimate of drug-likeness (QED) is 0.762. The van der Waals surface area contributed by atoms with Crippen molar-refractivity contribution in [1.29, 1.82) is 0 Å². The van der Waals surface area contributed by atoms with E-state index in [1.807, 2.05) is 55.3 Å². The number of nitrogens with zero attached hydrogens (tertiary/aromatic N) is 3. The molecular weight excluding hydrogens is 372 g/mol. The summed E-state index contributed by atoms with van der Waals surface area (Å²) in [5.74, 6) is 1.54. The van der Waals surface area contributed by atoms with Gasteiger partial charge >= 0.3 is 0 Å². The van der Waals surface area contributed by atoms with Crippen molar-refractivity contribution in [2.75, 3.05) is 13.7 Å². The van der Waals surface area contributed by atoms with Gasteiger partial charge in [0.25, 0.3) is 0 Å². The van der Waals surface area contributed by atoms with E-state index in [1.165, 1.54) is 0 Å². The second-order valence-corrected chi connectivity index (χ2v) is 7.11. The van der Waals surface area contributed by atoms with Crippen molar-refractivity contribution in [3.8, 4) is 5.75 Å². The van der Waals surface area contributed by atoms with Gasteiger partial charge in [-0.2, -0.15) is 0 Å². The Morgan fingerprint density at radius 2 is 1.96 bits per heavy atom. The van der Waals surface area contributed by atoms with E-state index < -0.39 is 0 Å². The zero-order valence-corrected chi connectivity index (χ0v) is 16.8. The van der Waals surface area contributed by atoms with Gasteiger partial charge in [-0.05, 0) is 31.5 Å². The molecule has 0 spiro atoms. The Kier molecular flexibility index (Phi) is 4.69. The Labute approximate surface area is 169 Å². The molecule has 5 nitrogen and oxygen atoms in total. The zero-order valence-electron chi connectivity index (χ0n) is 16.1. The summed E-state index contributed by atoms with van der Waals surface area (Å²) >= 11 is 6.54. The molecule has 2 aliphatic heterocycles. The molecule has 142 valence electrons. The van der Waals surface area contributed by atoms with E-state index in [-0.39, 0.29) is 0 Å². The summed E-state index contributed by atoms with van der Waals surface area (Å²) in [6.45, 7) is 8.45. The molecule has 0 aromatic heterocycles. The lowest BCUT2D eigenvalue weighted by molar-refractivity contribution is 0.397. The third kappa shape index (κ3) is 2.98. The summed E-state index contributed by atoms with van der Waals surface area (Å²) in [6, 6.07) is 11.7. The monoisotopic (exact) mass is 392 g/mol. The lowest BCUT2D eigenvalue weighted by Crippen LogP contribution is -2.35. The van der Waals surface area contributed by atoms with Crippen LogP contribution in [-0.4, -0.2) is 30.2 Å². The van der Waals surface area contributed by atoms with E-state index in [0.29, 0.717) is 11.6 Å². The number of nitrogens with one attached hydrogen (secondary N) is 1. The number of rotatable bonds is 4. The fraction of sp³-hybridized carbons (Fsp3) is 0.182. The van der Waals surface area contributed by atoms with Crippen LogP contribution in [0.2, 0.25) is 5.02 Å². The molecule has 6 heteroatoms. The van der Waals surface area contributed by atoms with Gasteiger partial charge in [0.05, 0.1) is 30.8 Å². The zero-order chi connectivity index (χ0) is 19.8. The molecule has 0 saturated carbocycles. The topological polar surface area (TPSA) is 49.2 Å². The van der Waals surface area contributed by atoms with Gasteiger partial charge in [0, 0.05) is 22.2 Å². The van der Waals surface area contributed by atoms with Crippen LogP contribution in [0.4, 0.5) is 5.69 Å². The van der Waals surface area contributed by atoms with Crippen molar-refractivity contribution in [2.24, 2.45) is 9.98 Å². The maximum absolute atomic E-state index is 6.54. The van der Waals surface area contributed by atoms with Crippen LogP contribution in [0, 0.1) is 6.92 Å². The van der Waals surface area contributed by atoms with Crippen LogP contribution in [0.15, 0.2) is 70.4 Å². The Morgan fingerprint density at radius 1 is 1.18 bits per heavy atom. The molecule has 2 aromatic carbocycles. The van der Waals surface area contributed by atoms with Crippen molar-refractivity contribution in [3.05, 3.63) is 82.2 Å². The van der Waals surface area contributed by atoms with Crippen LogP contribution < -0.4 is 10.2 Å². The van der Waals surface area contributed by atoms with Crippen molar-refractivity contribution in [1.82, 2.24) is 10.4 Å². The number of methoxy groups -OCH3 is 1. The van der Waals surface area contributed by atoms with Gasteiger partial charge in [-0.1, -0.05) is 35.9 Å². The number of halogens is 1. The summed E-state index contributed by atoms with van der Waals surface area (Å²) in [4.78, 5) is 9.97. The molecule has 1 N–H and O–H groups in total. The Balaban J connectivity index is 2.02. The maximum Gasteiger partial charge on any atom is 0.176 e. The number of hydrazine groups is 1. The van der Waals surface area contributed by atoms with Crippen LogP contribution >= 0.6 is 11.6 Å². The van der Waals surface area contributed by atoms with E-state index in [2.05, 4.69) is 18.1 Å². The van der Waals surface area contributed by atoms with E-state index in [1.54, 1.807) is 7.11 Å². The van der Waals surface area contributed by atoms with Gasteiger partial charge in [0.15, 0.2) is 5.84 Å². The molecule has 0 unspecified atom stereocenters. The average Bonchev–Trinajstić information content (AvgIpc) is 2.86. The van der Waals surface area contributed by atoms with Crippen molar-refractivity contribution in [2.45, 2.75) is 13.8 Å². The highest BCUT2D eigenvalue weighted by Gasteiger charge is 2.30. The van der Waals surface area contributed by atoms with Gasteiger partial charge < -0.3 is 4.74 Å². The molecular formula is C22H21ClN4O. The number of benzene rings is 2. The largest absolute Gasteiger partial charge is 0.496 e. The molecule has 2 aliphatic rings. The summed E-state index contributed by atoms with van der Waals surface area (Å²) in [7, 11) is 1.66. The number of aliphatic imine (C=N–C) groups is 2. The SMILES string of the molecule is C=CCN1NC(C)=C2N=C(c3ccccc3Cl)c3cc(C)c(OC)cc3N=C21. The first-order valence-corrected chi connectivity index (χ1v) is 9.39. The number of hydrogen-bond acceptors (Lipinski definition) is 5. The van der Waals surface area contributed by atoms with Crippen LogP contribution in [0.5, 0.6) is 5.75 Å². The molecule has 0 saturated heterocycles. The minimum atomic E-state index is 0.606. The molecule has 0 bridgehead atoms. The van der Waals surface area contributed by atoms with Crippen molar-refractivity contribution < 1.29 is 4.74 Å². The average molecular weight is 393 g/mol. The molecule has 2 heterocycles. The van der Waals surface area contributed by atoms with Crippen LogP contribution in [0.3, 0.4) is 0 Å². The summed E-state index contributed by atoms with van der Waals surface area (Å²) in [5.41, 5.74) is 9.44. The van der Waals surface area contributed by atoms with Gasteiger partial charge in [-0.15, -0.1) is 6.58 Å². The minimum absolute atomic E-state index is 0.606. The maximum atomic E-state index is 6.54. The van der Waals surface area contributed by atoms with Crippen LogP contribution in [-0.2, 0) is 0 Å². The lowest BCUT2D eigenvalue weighted by atomic mass is 9.98. The Morgan fingerprint density at radius 3 is 2.68 bits per heavy atom. The number of fused-ring (bicyclic) bond motifs is 2. The highest BCUT2D eigenvalue weighted by molar-refractivity contribution is 6.36. The smallest absolute Gasteiger partial charge is 0.176 e. The molecule has 0 amide bonds. The number of ether oxygens (including phenoxy) is 1. The normalized spacial score (nSPS) is 15.2. The second-order valence-electron chi connectivity index (χ2n) is 6.70. The van der Waals surface area contributed by atoms with Gasteiger partial charge in [-0.3, -0.25) is 10.4 Å². The van der Waals surface area contributed by atoms with Crippen LogP contribution in [0.25, 0.3) is 0 Å². The number of hydrogen-bond donors (Lipinski definition) is 1. The first-order valence-electron chi connectivity index (χ1n) is 9.01. The summed E-state index contributed by atoms with van der Waals surface area (Å²) in [6.07, 6.45) is 1.83. The number of amidine groups is 1. The first kappa shape index (κ1) is 18.3. The Hall–Kier alpha value is -3.05. The van der Waals surface area contributed by atoms with E-state index in [9.17, 15) is 0 Å². The highest BCUT2D eigenvalue weighted by atomic mass is 35.5. The van der Waals surface area contributed by atoms with Crippen molar-refractivity contribution >= 4 is 28.8 Å². The minimum Gasteiger partial charge on any atom is -0.496 e. The summed E-state index contributed by atoms with van der Waals surface area (Å²) < 4.78 is 5.53.